The third-order valence-corrected chi connectivity index (χ3v) is 5.54. The van der Waals surface area contributed by atoms with E-state index in [0.29, 0.717) is 0 Å². The van der Waals surface area contributed by atoms with Crippen LogP contribution in [0.15, 0.2) is 35.9 Å². The van der Waals surface area contributed by atoms with Crippen molar-refractivity contribution in [2.24, 2.45) is 5.92 Å². The van der Waals surface area contributed by atoms with Gasteiger partial charge in [-0.2, -0.15) is 0 Å². The van der Waals surface area contributed by atoms with Gasteiger partial charge in [-0.05, 0) is 55.3 Å². The van der Waals surface area contributed by atoms with E-state index in [1.165, 1.54) is 24.4 Å². The Balaban J connectivity index is 1.85. The molecule has 1 fully saturated rings. The number of hydrogen-bond donors (Lipinski definition) is 0. The van der Waals surface area contributed by atoms with Crippen LogP contribution in [0.5, 0.6) is 5.75 Å². The Morgan fingerprint density at radius 2 is 1.90 bits per heavy atom. The van der Waals surface area contributed by atoms with E-state index in [9.17, 15) is 0 Å². The standard InChI is InChI=1S/C18H28OSi/c1-14(10-11-20(3,4)5)12-16-13-18(16)15-6-8-17(19-2)9-7-15/h6-10,16,18H,11-13H2,1-5H3/b14-10+/t16-,18-/m1/s1. The largest absolute Gasteiger partial charge is 0.497 e. The average Bonchev–Trinajstić information content (AvgIpc) is 3.15. The van der Waals surface area contributed by atoms with Gasteiger partial charge in [0.05, 0.1) is 7.11 Å². The Hall–Kier alpha value is -1.02. The zero-order valence-electron chi connectivity index (χ0n) is 13.6. The van der Waals surface area contributed by atoms with Gasteiger partial charge in [0.2, 0.25) is 0 Å². The highest BCUT2D eigenvalue weighted by Crippen LogP contribution is 2.51. The number of benzene rings is 1. The molecule has 0 N–H and O–H groups in total. The summed E-state index contributed by atoms with van der Waals surface area (Å²) in [5, 5.41) is 0. The molecule has 0 aromatic heterocycles. The van der Waals surface area contributed by atoms with Crippen LogP contribution in [0.1, 0.15) is 31.2 Å². The van der Waals surface area contributed by atoms with E-state index in [-0.39, 0.29) is 0 Å². The molecule has 1 aliphatic carbocycles. The van der Waals surface area contributed by atoms with Crippen molar-refractivity contribution in [3.05, 3.63) is 41.5 Å². The molecule has 1 saturated carbocycles. The molecule has 1 aromatic carbocycles. The van der Waals surface area contributed by atoms with Gasteiger partial charge in [0.15, 0.2) is 0 Å². The highest BCUT2D eigenvalue weighted by molar-refractivity contribution is 6.76. The molecule has 1 aromatic rings. The first kappa shape index (κ1) is 15.4. The SMILES string of the molecule is COc1ccc([C@H]2C[C@H]2C/C(C)=C/C[Si](C)(C)C)cc1. The molecule has 0 saturated heterocycles. The fraction of sp³-hybridized carbons (Fsp3) is 0.556. The topological polar surface area (TPSA) is 9.23 Å². The first-order valence-corrected chi connectivity index (χ1v) is 11.4. The molecule has 0 bridgehead atoms. The number of ether oxygens (including phenoxy) is 1. The molecule has 1 nitrogen and oxygen atoms in total. The average molecular weight is 289 g/mol. The van der Waals surface area contributed by atoms with Gasteiger partial charge in [0, 0.05) is 8.07 Å². The molecule has 0 radical (unpaired) electrons. The molecular formula is C18H28OSi. The van der Waals surface area contributed by atoms with Crippen molar-refractivity contribution < 1.29 is 4.74 Å². The summed E-state index contributed by atoms with van der Waals surface area (Å²) in [4.78, 5) is 0. The molecule has 0 spiro atoms. The minimum atomic E-state index is -0.932. The van der Waals surface area contributed by atoms with E-state index in [0.717, 1.165) is 17.6 Å². The van der Waals surface area contributed by atoms with E-state index >= 15 is 0 Å². The van der Waals surface area contributed by atoms with Crippen LogP contribution in [-0.2, 0) is 0 Å². The molecule has 0 aliphatic heterocycles. The van der Waals surface area contributed by atoms with Crippen molar-refractivity contribution in [3.8, 4) is 5.75 Å². The second-order valence-electron chi connectivity index (χ2n) is 7.39. The maximum absolute atomic E-state index is 5.22. The maximum Gasteiger partial charge on any atom is 0.118 e. The molecule has 2 heteroatoms. The monoisotopic (exact) mass is 288 g/mol. The first-order valence-electron chi connectivity index (χ1n) is 7.68. The van der Waals surface area contributed by atoms with Crippen LogP contribution >= 0.6 is 0 Å². The number of hydrogen-bond acceptors (Lipinski definition) is 1. The summed E-state index contributed by atoms with van der Waals surface area (Å²) in [5.41, 5.74) is 3.07. The Morgan fingerprint density at radius 1 is 1.25 bits per heavy atom. The molecule has 1 aliphatic rings. The quantitative estimate of drug-likeness (QED) is 0.498. The third kappa shape index (κ3) is 4.52. The molecule has 2 rings (SSSR count). The summed E-state index contributed by atoms with van der Waals surface area (Å²) in [5.74, 6) is 2.59. The number of rotatable bonds is 6. The van der Waals surface area contributed by atoms with E-state index in [1.807, 2.05) is 0 Å². The van der Waals surface area contributed by atoms with Gasteiger partial charge in [-0.15, -0.1) is 0 Å². The highest BCUT2D eigenvalue weighted by Gasteiger charge is 2.37. The minimum Gasteiger partial charge on any atom is -0.497 e. The van der Waals surface area contributed by atoms with E-state index in [1.54, 1.807) is 12.7 Å². The van der Waals surface area contributed by atoms with Gasteiger partial charge in [-0.3, -0.25) is 0 Å². The highest BCUT2D eigenvalue weighted by atomic mass is 28.3. The van der Waals surface area contributed by atoms with Crippen molar-refractivity contribution in [1.82, 2.24) is 0 Å². The lowest BCUT2D eigenvalue weighted by Gasteiger charge is -2.13. The summed E-state index contributed by atoms with van der Waals surface area (Å²) in [7, 11) is 0.791. The fourth-order valence-corrected chi connectivity index (χ4v) is 3.67. The van der Waals surface area contributed by atoms with Gasteiger partial charge in [0.25, 0.3) is 0 Å². The Kier molecular flexibility index (Phi) is 4.74. The van der Waals surface area contributed by atoms with Gasteiger partial charge in [0.1, 0.15) is 5.75 Å². The molecule has 20 heavy (non-hydrogen) atoms. The Bertz CT molecular complexity index is 467. The predicted molar refractivity (Wildman–Crippen MR) is 90.4 cm³/mol. The number of methoxy groups -OCH3 is 1. The lowest BCUT2D eigenvalue weighted by atomic mass is 10.0. The van der Waals surface area contributed by atoms with Crippen LogP contribution in [0.4, 0.5) is 0 Å². The summed E-state index contributed by atoms with van der Waals surface area (Å²) >= 11 is 0. The summed E-state index contributed by atoms with van der Waals surface area (Å²) in [6.45, 7) is 9.62. The maximum atomic E-state index is 5.22. The van der Waals surface area contributed by atoms with Gasteiger partial charge in [-0.1, -0.05) is 43.4 Å². The lowest BCUT2D eigenvalue weighted by molar-refractivity contribution is 0.414. The molecule has 0 amide bonds. The van der Waals surface area contributed by atoms with Crippen molar-refractivity contribution in [3.63, 3.8) is 0 Å². The zero-order chi connectivity index (χ0) is 14.8. The number of allylic oxidation sites excluding steroid dienone is 2. The summed E-state index contributed by atoms with van der Waals surface area (Å²) in [6.07, 6.45) is 5.13. The van der Waals surface area contributed by atoms with Crippen LogP contribution in [0.3, 0.4) is 0 Å². The predicted octanol–water partition coefficient (Wildman–Crippen LogP) is 5.47. The van der Waals surface area contributed by atoms with E-state index in [2.05, 4.69) is 56.9 Å². The summed E-state index contributed by atoms with van der Waals surface area (Å²) in [6, 6.07) is 9.94. The molecule has 0 unspecified atom stereocenters. The minimum absolute atomic E-state index is 0.774. The van der Waals surface area contributed by atoms with Crippen LogP contribution in [-0.4, -0.2) is 15.2 Å². The Morgan fingerprint density at radius 3 is 2.45 bits per heavy atom. The molecular weight excluding hydrogens is 260 g/mol. The van der Waals surface area contributed by atoms with Gasteiger partial charge < -0.3 is 4.74 Å². The lowest BCUT2D eigenvalue weighted by Crippen LogP contribution is -2.17. The Labute approximate surface area is 125 Å². The van der Waals surface area contributed by atoms with Gasteiger partial charge in [-0.25, -0.2) is 0 Å². The van der Waals surface area contributed by atoms with E-state index in [4.69, 9.17) is 4.74 Å². The van der Waals surface area contributed by atoms with Crippen LogP contribution < -0.4 is 4.74 Å². The molecule has 2 atom stereocenters. The normalized spacial score (nSPS) is 22.8. The summed E-state index contributed by atoms with van der Waals surface area (Å²) < 4.78 is 5.22. The van der Waals surface area contributed by atoms with Gasteiger partial charge >= 0.3 is 0 Å². The third-order valence-electron chi connectivity index (χ3n) is 4.11. The molecule has 110 valence electrons. The van der Waals surface area contributed by atoms with Crippen LogP contribution in [0.25, 0.3) is 0 Å². The van der Waals surface area contributed by atoms with E-state index < -0.39 is 8.07 Å². The van der Waals surface area contributed by atoms with Crippen LogP contribution in [0.2, 0.25) is 25.7 Å². The smallest absolute Gasteiger partial charge is 0.118 e. The second kappa shape index (κ2) is 6.17. The van der Waals surface area contributed by atoms with Crippen molar-refractivity contribution in [2.75, 3.05) is 7.11 Å². The first-order chi connectivity index (χ1) is 9.39. The molecule has 0 heterocycles. The fourth-order valence-electron chi connectivity index (χ4n) is 2.71. The van der Waals surface area contributed by atoms with Crippen molar-refractivity contribution in [1.29, 1.82) is 0 Å². The van der Waals surface area contributed by atoms with Crippen molar-refractivity contribution >= 4 is 8.07 Å². The second-order valence-corrected chi connectivity index (χ2v) is 12.9. The van der Waals surface area contributed by atoms with Crippen molar-refractivity contribution in [2.45, 2.75) is 51.4 Å². The zero-order valence-corrected chi connectivity index (χ0v) is 14.6. The van der Waals surface area contributed by atoms with Crippen LogP contribution in [0, 0.1) is 5.92 Å².